The first kappa shape index (κ1) is 105. The fourth-order valence-electron chi connectivity index (χ4n) is 16.5. The Morgan fingerprint density at radius 3 is 0.719 bits per heavy atom. The minimum atomic E-state index is -2.60. The van der Waals surface area contributed by atoms with Crippen molar-refractivity contribution < 1.29 is 278 Å². The van der Waals surface area contributed by atoms with E-state index in [0.29, 0.717) is 0 Å². The van der Waals surface area contributed by atoms with E-state index in [2.05, 4.69) is 10.6 Å². The van der Waals surface area contributed by atoms with Gasteiger partial charge < -0.3 is 279 Å². The van der Waals surface area contributed by atoms with Crippen LogP contribution < -0.4 is 10.6 Å². The molecule has 11 aliphatic heterocycles. The zero-order valence-electron chi connectivity index (χ0n) is 67.7. The van der Waals surface area contributed by atoms with E-state index in [9.17, 15) is 178 Å². The zero-order chi connectivity index (χ0) is 94.0. The van der Waals surface area contributed by atoms with Crippen molar-refractivity contribution in [2.24, 2.45) is 0 Å². The van der Waals surface area contributed by atoms with E-state index in [-0.39, 0.29) is 0 Å². The van der Waals surface area contributed by atoms with Gasteiger partial charge >= 0.3 is 0 Å². The lowest BCUT2D eigenvalue weighted by molar-refractivity contribution is -0.397. The van der Waals surface area contributed by atoms with Gasteiger partial charge in [0.25, 0.3) is 0 Å². The van der Waals surface area contributed by atoms with Gasteiger partial charge in [0.05, 0.1) is 72.7 Å². The van der Waals surface area contributed by atoms with Crippen molar-refractivity contribution in [1.29, 1.82) is 0 Å². The number of hydrogen-bond acceptors (Lipinski definition) is 56. The van der Waals surface area contributed by atoms with E-state index in [1.807, 2.05) is 0 Å². The molecule has 55 atom stereocenters. The second kappa shape index (κ2) is 45.8. The van der Waals surface area contributed by atoms with Crippen LogP contribution in [0.2, 0.25) is 0 Å². The van der Waals surface area contributed by atoms with Crippen LogP contribution in [0.25, 0.3) is 0 Å². The van der Waals surface area contributed by atoms with E-state index < -0.39 is 422 Å². The third kappa shape index (κ3) is 22.5. The van der Waals surface area contributed by atoms with E-state index in [0.717, 1.165) is 13.8 Å². The van der Waals surface area contributed by atoms with Crippen LogP contribution in [0.4, 0.5) is 0 Å². The van der Waals surface area contributed by atoms with Gasteiger partial charge in [0.15, 0.2) is 69.2 Å². The van der Waals surface area contributed by atoms with Gasteiger partial charge in [-0.15, -0.1) is 0 Å². The summed E-state index contributed by atoms with van der Waals surface area (Å²) in [6.45, 7) is -10.4. The quantitative estimate of drug-likeness (QED) is 0.0290. The average molecular weight is 1880 g/mol. The monoisotopic (exact) mass is 1880 g/mol. The van der Waals surface area contributed by atoms with Crippen molar-refractivity contribution in [3.8, 4) is 0 Å². The maximum absolute atomic E-state index is 13.0. The second-order valence-corrected chi connectivity index (χ2v) is 32.3. The molecule has 58 nitrogen and oxygen atoms in total. The van der Waals surface area contributed by atoms with Crippen LogP contribution in [-0.4, -0.2) is 591 Å². The third-order valence-electron chi connectivity index (χ3n) is 23.8. The highest BCUT2D eigenvalue weighted by atomic mass is 16.8. The first-order valence-corrected chi connectivity index (χ1v) is 40.7. The molecule has 0 spiro atoms. The highest BCUT2D eigenvalue weighted by Gasteiger charge is 2.62. The van der Waals surface area contributed by atoms with Crippen LogP contribution in [0, 0.1) is 0 Å². The number of rotatable bonds is 33. The minimum absolute atomic E-state index is 0.810. The maximum Gasteiger partial charge on any atom is 0.217 e. The molecule has 0 radical (unpaired) electrons. The van der Waals surface area contributed by atoms with Gasteiger partial charge in [0.2, 0.25) is 11.8 Å². The van der Waals surface area contributed by atoms with Crippen molar-refractivity contribution in [1.82, 2.24) is 10.6 Å². The summed E-state index contributed by atoms with van der Waals surface area (Å²) in [4.78, 5) is 25.2. The molecule has 0 aromatic heterocycles. The Morgan fingerprint density at radius 1 is 0.203 bits per heavy atom. The summed E-state index contributed by atoms with van der Waals surface area (Å²) >= 11 is 0. The summed E-state index contributed by atoms with van der Waals surface area (Å²) in [7, 11) is 0. The van der Waals surface area contributed by atoms with Crippen LogP contribution in [0.3, 0.4) is 0 Å². The Morgan fingerprint density at radius 2 is 0.406 bits per heavy atom. The van der Waals surface area contributed by atoms with E-state index in [1.165, 1.54) is 0 Å². The van der Waals surface area contributed by atoms with Crippen LogP contribution in [0.1, 0.15) is 13.8 Å². The molecule has 58 heteroatoms. The van der Waals surface area contributed by atoms with Gasteiger partial charge in [-0.3, -0.25) is 9.59 Å². The first-order chi connectivity index (χ1) is 60.7. The molecule has 11 heterocycles. The van der Waals surface area contributed by atoms with Gasteiger partial charge in [-0.05, 0) is 0 Å². The highest BCUT2D eigenvalue weighted by Crippen LogP contribution is 2.41. The van der Waals surface area contributed by atoms with Crippen molar-refractivity contribution in [2.45, 2.75) is 351 Å². The topological polar surface area (TPSA) is 920 Å². The van der Waals surface area contributed by atoms with Crippen molar-refractivity contribution in [2.75, 3.05) is 72.7 Å². The Labute approximate surface area is 722 Å². The highest BCUT2D eigenvalue weighted by molar-refractivity contribution is 5.73. The SMILES string of the molecule is CC(=O)N[C@@H]1[C@@H](O)[C@H](O[C@@H]2O[C@H](CO)[C@@H](O[C@@H]3O[C@H](CO[C@@H]4O[C@H](CO[C@@H]5O[C@H](CO)[C@@H](O[C@@H]6O[C@H](CO)[C@@H](O)[C@H](O)[C@@H]6O)[C@H](O)[C@@H]5O)[C@@H](O)[C@H](O[C@@H]5O[C@H](CO)[C@@H](O[C@@H]6O[C@H](CO)[C@@H](O)[C@H](O)[C@@H]6O)[C@H](O)[C@@H]5O)[C@@H]4O)[C@@H](O)[C@H](O[C@@H]4O[C@H](CO)[C@@H](O[C@@H]5O[C@H](CO)[C@@H](O[C@@H]6O[C@H](CO)[C@@H](O)[C@H](O)[C@@H]6O)[C@H](O)[C@@H]5O)[C@H](O)[C@@H]4O)[C@@H]3O)[C@H](O)[C@H]2NC(C)=O)[C@@H](CO)O[C@H]1O. The summed E-state index contributed by atoms with van der Waals surface area (Å²) < 4.78 is 121. The van der Waals surface area contributed by atoms with Crippen molar-refractivity contribution in [3.63, 3.8) is 0 Å². The molecule has 11 fully saturated rings. The predicted molar refractivity (Wildman–Crippen MR) is 386 cm³/mol. The largest absolute Gasteiger partial charge is 0.394 e. The van der Waals surface area contributed by atoms with Crippen LogP contribution in [0.5, 0.6) is 0 Å². The lowest BCUT2D eigenvalue weighted by atomic mass is 9.94. The Balaban J connectivity index is 0.880. The van der Waals surface area contributed by atoms with Gasteiger partial charge in [0, 0.05) is 13.8 Å². The number of aliphatic hydroxyl groups is 33. The first-order valence-electron chi connectivity index (χ1n) is 40.7. The summed E-state index contributed by atoms with van der Waals surface area (Å²) in [5.74, 6) is -1.78. The molecule has 0 aromatic carbocycles. The molecule has 128 heavy (non-hydrogen) atoms. The number of amides is 2. The fourth-order valence-corrected chi connectivity index (χ4v) is 16.5. The van der Waals surface area contributed by atoms with Crippen LogP contribution in [0.15, 0.2) is 0 Å². The number of carbonyl (C=O) groups excluding carboxylic acids is 2. The van der Waals surface area contributed by atoms with Crippen LogP contribution in [-0.2, 0) is 109 Å². The molecule has 11 saturated heterocycles. The Bertz CT molecular complexity index is 3380. The van der Waals surface area contributed by atoms with E-state index >= 15 is 0 Å². The molecule has 0 aliphatic carbocycles. The number of aliphatic hydroxyl groups excluding tert-OH is 33. The summed E-state index contributed by atoms with van der Waals surface area (Å²) in [6, 6.07) is -3.64. The standard InChI is InChI=1S/C70H118N2O56/c1-14(82)71-27-34(89)52(19(6-76)110-60(27)107)121-61-28(72-15(2)83)35(90)53(20(7-77)114-61)122-70-51(106)59(128-69-49(104)42(97)57(24(11-81)118-69)126-67-47(102)40(95)55(22(9-79)116-67)124-65-44(99)37(92)30(85)17(4-74)112-65)33(88)26(120-70)13-109-63-50(105)58(127-68-48(103)41(96)56(23(10-80)117-68)125-66-45(100)38(93)31(86)18(5-75)113-66)32(87)25(119-63)12-108-62-46(101)39(94)54(21(8-78)115-62)123-64-43(98)36(91)29(84)16(3-73)111-64/h16-70,73-81,84-107H,3-13H2,1-2H3,(H,71,82)(H,72,83)/t16-,17-,18-,19-,20-,21-,22-,23-,24-,25-,26-,27-,28-,29-,30-,31-,32-,33-,34-,35-,36+,37+,38+,39-,40-,41-,42-,43+,44+,45+,46+,47+,48+,49+,50+,51+,52-,53-,54-,55-,56-,57-,58+,59+,60-,61+,62-,63-,64+,65+,66+,67+,68+,69+,70+/m1/s1. The van der Waals surface area contributed by atoms with E-state index in [4.69, 9.17) is 99.5 Å². The molecular formula is C70H118N2O56. The van der Waals surface area contributed by atoms with Gasteiger partial charge in [-0.25, -0.2) is 0 Å². The molecule has 0 unspecified atom stereocenters. The predicted octanol–water partition coefficient (Wildman–Crippen LogP) is -24.7. The smallest absolute Gasteiger partial charge is 0.217 e. The molecule has 0 bridgehead atoms. The molecule has 744 valence electrons. The minimum Gasteiger partial charge on any atom is -0.394 e. The maximum atomic E-state index is 13.0. The summed E-state index contributed by atoms with van der Waals surface area (Å²) in [5, 5.41) is 370. The molecule has 11 rings (SSSR count). The Kier molecular flexibility index (Phi) is 37.7. The fraction of sp³-hybridized carbons (Fsp3) is 0.971. The number of nitrogens with one attached hydrogen (secondary N) is 2. The number of hydrogen-bond donors (Lipinski definition) is 35. The molecule has 0 saturated carbocycles. The van der Waals surface area contributed by atoms with Crippen molar-refractivity contribution >= 4 is 11.8 Å². The Hall–Kier alpha value is -3.22. The average Bonchev–Trinajstić information content (AvgIpc) is 0.755. The molecule has 11 aliphatic rings. The van der Waals surface area contributed by atoms with Crippen LogP contribution >= 0.6 is 0 Å². The zero-order valence-corrected chi connectivity index (χ0v) is 67.7. The van der Waals surface area contributed by atoms with Gasteiger partial charge in [-0.1, -0.05) is 0 Å². The molecule has 2 amide bonds. The second-order valence-electron chi connectivity index (χ2n) is 32.3. The van der Waals surface area contributed by atoms with Gasteiger partial charge in [0.1, 0.15) is 268 Å². The summed E-state index contributed by atoms with van der Waals surface area (Å²) in [6.07, 6.45) is -113. The number of carbonyl (C=O) groups is 2. The normalized spacial score (nSPS) is 51.7. The molecule has 0 aromatic rings. The molecular weight excluding hydrogens is 1760 g/mol. The van der Waals surface area contributed by atoms with Crippen molar-refractivity contribution in [3.05, 3.63) is 0 Å². The lowest BCUT2D eigenvalue weighted by Crippen LogP contribution is -2.70. The molecule has 35 N–H and O–H groups in total. The number of ether oxygens (including phenoxy) is 21. The van der Waals surface area contributed by atoms with E-state index in [1.54, 1.807) is 0 Å². The van der Waals surface area contributed by atoms with Gasteiger partial charge in [-0.2, -0.15) is 0 Å². The third-order valence-corrected chi connectivity index (χ3v) is 23.8. The summed E-state index contributed by atoms with van der Waals surface area (Å²) in [5.41, 5.74) is 0. The lowest BCUT2D eigenvalue weighted by Gasteiger charge is -2.50.